The Hall–Kier alpha value is -0.790. The minimum Gasteiger partial charge on any atom is -0.356 e. The molecule has 0 atom stereocenters. The number of hydrogen-bond acceptors (Lipinski definition) is 2. The van der Waals surface area contributed by atoms with Crippen molar-refractivity contribution >= 4 is 29.9 Å². The molecule has 1 aliphatic rings. The Morgan fingerprint density at radius 1 is 1.36 bits per heavy atom. The van der Waals surface area contributed by atoms with E-state index in [1.54, 1.807) is 0 Å². The molecule has 0 spiro atoms. The van der Waals surface area contributed by atoms with E-state index in [0.29, 0.717) is 5.41 Å². The third-order valence-corrected chi connectivity index (χ3v) is 5.04. The molecule has 0 unspecified atom stereocenters. The van der Waals surface area contributed by atoms with Crippen LogP contribution in [0.3, 0.4) is 0 Å². The van der Waals surface area contributed by atoms with Crippen molar-refractivity contribution in [3.63, 3.8) is 0 Å². The van der Waals surface area contributed by atoms with Gasteiger partial charge in [-0.3, -0.25) is 9.67 Å². The Labute approximate surface area is 151 Å². The van der Waals surface area contributed by atoms with Crippen LogP contribution in [0.1, 0.15) is 39.7 Å². The molecule has 1 fully saturated rings. The molecule has 1 saturated heterocycles. The first-order valence-corrected chi connectivity index (χ1v) is 7.74. The monoisotopic (exact) mass is 419 g/mol. The number of aliphatic imine (C=N–C) groups is 1. The van der Waals surface area contributed by atoms with E-state index in [4.69, 9.17) is 0 Å². The van der Waals surface area contributed by atoms with Crippen molar-refractivity contribution in [2.45, 2.75) is 46.1 Å². The molecular weight excluding hydrogens is 389 g/mol. The van der Waals surface area contributed by atoms with E-state index in [9.17, 15) is 0 Å². The average Bonchev–Trinajstić information content (AvgIpc) is 2.83. The summed E-state index contributed by atoms with van der Waals surface area (Å²) in [6.07, 6.45) is 6.15. The van der Waals surface area contributed by atoms with Gasteiger partial charge in [-0.25, -0.2) is 0 Å². The molecule has 2 heterocycles. The van der Waals surface area contributed by atoms with Crippen LogP contribution >= 0.6 is 24.0 Å². The Balaban J connectivity index is 0.00000242. The fraction of sp³-hybridized carbons (Fsp3) is 0.750. The van der Waals surface area contributed by atoms with Gasteiger partial charge in [0.15, 0.2) is 5.96 Å². The highest BCUT2D eigenvalue weighted by Crippen LogP contribution is 2.46. The first kappa shape index (κ1) is 19.3. The zero-order chi connectivity index (χ0) is 15.7. The van der Waals surface area contributed by atoms with E-state index in [1.165, 1.54) is 5.56 Å². The van der Waals surface area contributed by atoms with Crippen molar-refractivity contribution in [2.24, 2.45) is 17.5 Å². The van der Waals surface area contributed by atoms with Crippen LogP contribution < -0.4 is 5.32 Å². The highest BCUT2D eigenvalue weighted by Gasteiger charge is 2.53. The van der Waals surface area contributed by atoms with Crippen LogP contribution in [-0.4, -0.2) is 46.3 Å². The summed E-state index contributed by atoms with van der Waals surface area (Å²) in [4.78, 5) is 6.81. The van der Waals surface area contributed by atoms with Crippen molar-refractivity contribution in [2.75, 3.05) is 20.1 Å². The maximum absolute atomic E-state index is 4.43. The minimum atomic E-state index is 0. The molecular formula is C16H30IN5. The van der Waals surface area contributed by atoms with E-state index in [-0.39, 0.29) is 29.5 Å². The molecule has 0 amide bonds. The molecule has 1 aromatic heterocycles. The van der Waals surface area contributed by atoms with Crippen LogP contribution in [-0.2, 0) is 13.5 Å². The van der Waals surface area contributed by atoms with Gasteiger partial charge in [0.2, 0.25) is 0 Å². The van der Waals surface area contributed by atoms with Crippen LogP contribution in [0.25, 0.3) is 0 Å². The Kier molecular flexibility index (Phi) is 6.29. The van der Waals surface area contributed by atoms with E-state index in [2.05, 4.69) is 54.2 Å². The maximum Gasteiger partial charge on any atom is 0.194 e. The van der Waals surface area contributed by atoms with Crippen LogP contribution in [0.4, 0.5) is 0 Å². The molecule has 5 nitrogen and oxygen atoms in total. The third kappa shape index (κ3) is 3.75. The smallest absolute Gasteiger partial charge is 0.194 e. The van der Waals surface area contributed by atoms with Crippen LogP contribution in [0.2, 0.25) is 0 Å². The van der Waals surface area contributed by atoms with Gasteiger partial charge in [0.25, 0.3) is 0 Å². The predicted octanol–water partition coefficient (Wildman–Crippen LogP) is 2.67. The average molecular weight is 419 g/mol. The molecule has 1 aromatic rings. The van der Waals surface area contributed by atoms with Gasteiger partial charge in [-0.1, -0.05) is 13.8 Å². The summed E-state index contributed by atoms with van der Waals surface area (Å²) in [5.41, 5.74) is 1.78. The molecule has 22 heavy (non-hydrogen) atoms. The summed E-state index contributed by atoms with van der Waals surface area (Å²) < 4.78 is 1.85. The van der Waals surface area contributed by atoms with Gasteiger partial charge in [-0.2, -0.15) is 5.10 Å². The largest absolute Gasteiger partial charge is 0.356 e. The number of guanidine groups is 1. The molecule has 6 heteroatoms. The van der Waals surface area contributed by atoms with Crippen molar-refractivity contribution in [3.8, 4) is 0 Å². The molecule has 0 aliphatic carbocycles. The Morgan fingerprint density at radius 3 is 2.50 bits per heavy atom. The van der Waals surface area contributed by atoms with Gasteiger partial charge >= 0.3 is 0 Å². The molecule has 0 aromatic carbocycles. The van der Waals surface area contributed by atoms with E-state index >= 15 is 0 Å². The number of halogens is 1. The zero-order valence-electron chi connectivity index (χ0n) is 14.7. The summed E-state index contributed by atoms with van der Waals surface area (Å²) in [5.74, 6) is 1.02. The van der Waals surface area contributed by atoms with Gasteiger partial charge in [0.05, 0.1) is 6.20 Å². The summed E-state index contributed by atoms with van der Waals surface area (Å²) in [7, 11) is 3.82. The number of nitrogens with one attached hydrogen (secondary N) is 1. The van der Waals surface area contributed by atoms with E-state index in [0.717, 1.165) is 31.9 Å². The fourth-order valence-electron chi connectivity index (χ4n) is 2.79. The van der Waals surface area contributed by atoms with Crippen molar-refractivity contribution in [1.82, 2.24) is 20.0 Å². The van der Waals surface area contributed by atoms with Gasteiger partial charge in [0, 0.05) is 44.3 Å². The van der Waals surface area contributed by atoms with Crippen LogP contribution in [0.5, 0.6) is 0 Å². The molecule has 126 valence electrons. The Morgan fingerprint density at radius 2 is 2.05 bits per heavy atom. The fourth-order valence-corrected chi connectivity index (χ4v) is 2.79. The lowest BCUT2D eigenvalue weighted by Gasteiger charge is -2.62. The van der Waals surface area contributed by atoms with Crippen LogP contribution in [0.15, 0.2) is 17.4 Å². The second-order valence-electron chi connectivity index (χ2n) is 7.13. The molecule has 0 radical (unpaired) electrons. The number of aromatic nitrogens is 2. The SMILES string of the molecule is CN=C(NCCCc1cnn(C)c1)N1CC(C)(C)C1(C)C.I. The first-order valence-electron chi connectivity index (χ1n) is 7.74. The quantitative estimate of drug-likeness (QED) is 0.353. The lowest BCUT2D eigenvalue weighted by Crippen LogP contribution is -2.72. The van der Waals surface area contributed by atoms with Gasteiger partial charge < -0.3 is 10.2 Å². The van der Waals surface area contributed by atoms with Crippen molar-refractivity contribution < 1.29 is 0 Å². The summed E-state index contributed by atoms with van der Waals surface area (Å²) in [5, 5.41) is 7.69. The lowest BCUT2D eigenvalue weighted by atomic mass is 9.65. The number of aryl methyl sites for hydroxylation is 2. The second kappa shape index (κ2) is 7.19. The summed E-state index contributed by atoms with van der Waals surface area (Å²) >= 11 is 0. The van der Waals surface area contributed by atoms with Crippen molar-refractivity contribution in [1.29, 1.82) is 0 Å². The standard InChI is InChI=1S/C16H29N5.HI/c1-15(2)12-21(16(15,3)4)14(17-5)18-9-7-8-13-10-19-20(6)11-13;/h10-11H,7-9,12H2,1-6H3,(H,17,18);1H. The van der Waals surface area contributed by atoms with Gasteiger partial charge in [0.1, 0.15) is 0 Å². The number of hydrogen-bond donors (Lipinski definition) is 1. The third-order valence-electron chi connectivity index (χ3n) is 5.04. The topological polar surface area (TPSA) is 45.5 Å². The highest BCUT2D eigenvalue weighted by atomic mass is 127. The summed E-state index contributed by atoms with van der Waals surface area (Å²) in [6, 6.07) is 0. The van der Waals surface area contributed by atoms with E-state index < -0.39 is 0 Å². The lowest BCUT2D eigenvalue weighted by molar-refractivity contribution is -0.0667. The Bertz CT molecular complexity index is 518. The van der Waals surface area contributed by atoms with Gasteiger partial charge in [-0.05, 0) is 32.3 Å². The molecule has 0 bridgehead atoms. The molecule has 1 aliphatic heterocycles. The zero-order valence-corrected chi connectivity index (χ0v) is 17.0. The maximum atomic E-state index is 4.43. The molecule has 1 N–H and O–H groups in total. The van der Waals surface area contributed by atoms with Gasteiger partial charge in [-0.15, -0.1) is 24.0 Å². The number of likely N-dealkylation sites (tertiary alicyclic amines) is 1. The predicted molar refractivity (Wildman–Crippen MR) is 103 cm³/mol. The minimum absolute atomic E-state index is 0. The normalized spacial score (nSPS) is 19.4. The van der Waals surface area contributed by atoms with Crippen LogP contribution in [0, 0.1) is 5.41 Å². The molecule has 2 rings (SSSR count). The van der Waals surface area contributed by atoms with Crippen molar-refractivity contribution in [3.05, 3.63) is 18.0 Å². The second-order valence-corrected chi connectivity index (χ2v) is 7.13. The first-order chi connectivity index (χ1) is 9.78. The summed E-state index contributed by atoms with van der Waals surface area (Å²) in [6.45, 7) is 11.2. The van der Waals surface area contributed by atoms with E-state index in [1.807, 2.05) is 25.0 Å². The number of nitrogens with zero attached hydrogens (tertiary/aromatic N) is 4. The highest BCUT2D eigenvalue weighted by molar-refractivity contribution is 14.0. The number of rotatable bonds is 4. The molecule has 0 saturated carbocycles.